The summed E-state index contributed by atoms with van der Waals surface area (Å²) in [6.45, 7) is 5.35. The van der Waals surface area contributed by atoms with Crippen LogP contribution >= 0.6 is 0 Å². The van der Waals surface area contributed by atoms with E-state index < -0.39 is 0 Å². The van der Waals surface area contributed by atoms with E-state index in [2.05, 4.69) is 22.5 Å². The van der Waals surface area contributed by atoms with E-state index in [1.165, 1.54) is 25.7 Å². The first-order valence-corrected chi connectivity index (χ1v) is 7.57. The summed E-state index contributed by atoms with van der Waals surface area (Å²) in [5.74, 6) is 1.37. The molecule has 2 N–H and O–H groups in total. The second-order valence-corrected chi connectivity index (χ2v) is 6.14. The van der Waals surface area contributed by atoms with E-state index in [1.807, 2.05) is 0 Å². The van der Waals surface area contributed by atoms with Crippen LogP contribution in [0.15, 0.2) is 0 Å². The zero-order chi connectivity index (χ0) is 12.5. The van der Waals surface area contributed by atoms with Crippen LogP contribution < -0.4 is 10.6 Å². The number of likely N-dealkylation sites (tertiary alicyclic amines) is 1. The van der Waals surface area contributed by atoms with Gasteiger partial charge in [0.2, 0.25) is 0 Å². The van der Waals surface area contributed by atoms with Crippen molar-refractivity contribution in [2.45, 2.75) is 51.1 Å². The zero-order valence-corrected chi connectivity index (χ0v) is 11.3. The molecule has 3 rings (SSSR count). The molecule has 0 aromatic carbocycles. The molecule has 2 saturated heterocycles. The van der Waals surface area contributed by atoms with Crippen molar-refractivity contribution in [2.75, 3.05) is 19.6 Å². The smallest absolute Gasteiger partial charge is 0.317 e. The Labute approximate surface area is 109 Å². The molecule has 4 nitrogen and oxygen atoms in total. The molecule has 0 radical (unpaired) electrons. The van der Waals surface area contributed by atoms with Crippen LogP contribution in [0, 0.1) is 11.8 Å². The summed E-state index contributed by atoms with van der Waals surface area (Å²) in [4.78, 5) is 14.5. The molecule has 2 amide bonds. The predicted octanol–water partition coefficient (Wildman–Crippen LogP) is 1.57. The third kappa shape index (κ3) is 2.11. The number of fused-ring (bicyclic) bond motifs is 1. The van der Waals surface area contributed by atoms with Gasteiger partial charge in [0, 0.05) is 31.7 Å². The largest absolute Gasteiger partial charge is 0.335 e. The number of nitrogens with zero attached hydrogens (tertiary/aromatic N) is 1. The average molecular weight is 251 g/mol. The van der Waals surface area contributed by atoms with Crippen LogP contribution in [0.25, 0.3) is 0 Å². The summed E-state index contributed by atoms with van der Waals surface area (Å²) in [7, 11) is 0. The molecule has 2 heterocycles. The van der Waals surface area contributed by atoms with Crippen LogP contribution in [0.1, 0.15) is 39.0 Å². The maximum absolute atomic E-state index is 12.4. The minimum absolute atomic E-state index is 0.197. The second-order valence-electron chi connectivity index (χ2n) is 6.14. The van der Waals surface area contributed by atoms with Crippen LogP contribution in [0.2, 0.25) is 0 Å². The highest BCUT2D eigenvalue weighted by molar-refractivity contribution is 5.75. The molecular weight excluding hydrogens is 226 g/mol. The number of hydrogen-bond donors (Lipinski definition) is 2. The molecule has 0 aromatic heterocycles. The van der Waals surface area contributed by atoms with Gasteiger partial charge in [0.05, 0.1) is 0 Å². The van der Waals surface area contributed by atoms with Crippen molar-refractivity contribution in [1.82, 2.24) is 15.5 Å². The maximum Gasteiger partial charge on any atom is 0.317 e. The minimum Gasteiger partial charge on any atom is -0.335 e. The van der Waals surface area contributed by atoms with E-state index in [9.17, 15) is 4.79 Å². The van der Waals surface area contributed by atoms with Gasteiger partial charge in [0.1, 0.15) is 0 Å². The van der Waals surface area contributed by atoms with Gasteiger partial charge in [-0.2, -0.15) is 0 Å². The highest BCUT2D eigenvalue weighted by Gasteiger charge is 2.45. The molecule has 4 heteroatoms. The maximum atomic E-state index is 12.4. The van der Waals surface area contributed by atoms with Crippen LogP contribution in [0.4, 0.5) is 4.79 Å². The quantitative estimate of drug-likeness (QED) is 0.782. The molecule has 3 aliphatic rings. The Kier molecular flexibility index (Phi) is 3.46. The lowest BCUT2D eigenvalue weighted by Gasteiger charge is -2.28. The molecule has 3 atom stereocenters. The molecule has 0 aromatic rings. The second kappa shape index (κ2) is 5.08. The van der Waals surface area contributed by atoms with E-state index in [1.54, 1.807) is 0 Å². The van der Waals surface area contributed by atoms with Gasteiger partial charge in [-0.25, -0.2) is 4.79 Å². The Morgan fingerprint density at radius 2 is 2.11 bits per heavy atom. The van der Waals surface area contributed by atoms with Crippen LogP contribution in [0.3, 0.4) is 0 Å². The van der Waals surface area contributed by atoms with Crippen molar-refractivity contribution in [3.63, 3.8) is 0 Å². The third-order valence-electron chi connectivity index (χ3n) is 5.08. The molecule has 18 heavy (non-hydrogen) atoms. The first-order valence-electron chi connectivity index (χ1n) is 7.57. The molecule has 1 aliphatic carbocycles. The molecule has 3 fully saturated rings. The van der Waals surface area contributed by atoms with Crippen molar-refractivity contribution in [1.29, 1.82) is 0 Å². The Bertz CT molecular complexity index is 314. The van der Waals surface area contributed by atoms with Gasteiger partial charge in [-0.3, -0.25) is 0 Å². The summed E-state index contributed by atoms with van der Waals surface area (Å²) >= 11 is 0. The van der Waals surface area contributed by atoms with Crippen molar-refractivity contribution in [3.8, 4) is 0 Å². The standard InChI is InChI=1S/C14H25N3O/c1-2-13-12-8-15-7-10(12)9-17(13)14(18)16-11-5-3-4-6-11/h10-13,15H,2-9H2,1H3,(H,16,18). The van der Waals surface area contributed by atoms with Crippen molar-refractivity contribution >= 4 is 6.03 Å². The van der Waals surface area contributed by atoms with Crippen molar-refractivity contribution in [2.24, 2.45) is 11.8 Å². The monoisotopic (exact) mass is 251 g/mol. The van der Waals surface area contributed by atoms with Gasteiger partial charge in [0.15, 0.2) is 0 Å². The van der Waals surface area contributed by atoms with Gasteiger partial charge in [-0.15, -0.1) is 0 Å². The fourth-order valence-electron chi connectivity index (χ4n) is 4.11. The number of carbonyl (C=O) groups excluding carboxylic acids is 1. The number of rotatable bonds is 2. The van der Waals surface area contributed by atoms with Crippen molar-refractivity contribution < 1.29 is 4.79 Å². The van der Waals surface area contributed by atoms with E-state index in [4.69, 9.17) is 0 Å². The van der Waals surface area contributed by atoms with Crippen LogP contribution in [0.5, 0.6) is 0 Å². The Morgan fingerprint density at radius 1 is 1.33 bits per heavy atom. The SMILES string of the molecule is CCC1C2CNCC2CN1C(=O)NC1CCCC1. The lowest BCUT2D eigenvalue weighted by atomic mass is 9.93. The molecule has 3 unspecified atom stereocenters. The number of amides is 2. The van der Waals surface area contributed by atoms with Gasteiger partial charge in [0.25, 0.3) is 0 Å². The number of urea groups is 1. The van der Waals surface area contributed by atoms with E-state index in [0.29, 0.717) is 23.9 Å². The fourth-order valence-corrected chi connectivity index (χ4v) is 4.11. The molecule has 0 bridgehead atoms. The Morgan fingerprint density at radius 3 is 2.83 bits per heavy atom. The molecule has 2 aliphatic heterocycles. The molecule has 1 saturated carbocycles. The van der Waals surface area contributed by atoms with Crippen LogP contribution in [-0.2, 0) is 0 Å². The highest BCUT2D eigenvalue weighted by atomic mass is 16.2. The first-order chi connectivity index (χ1) is 8.79. The zero-order valence-electron chi connectivity index (χ0n) is 11.3. The topological polar surface area (TPSA) is 44.4 Å². The molecular formula is C14H25N3O. The van der Waals surface area contributed by atoms with E-state index >= 15 is 0 Å². The lowest BCUT2D eigenvalue weighted by molar-refractivity contribution is 0.179. The molecule has 102 valence electrons. The Hall–Kier alpha value is -0.770. The summed E-state index contributed by atoms with van der Waals surface area (Å²) in [6.07, 6.45) is 5.98. The Balaban J connectivity index is 1.62. The van der Waals surface area contributed by atoms with Gasteiger partial charge in [-0.05, 0) is 31.1 Å². The minimum atomic E-state index is 0.197. The van der Waals surface area contributed by atoms with E-state index in [0.717, 1.165) is 26.1 Å². The summed E-state index contributed by atoms with van der Waals surface area (Å²) in [5.41, 5.74) is 0. The highest BCUT2D eigenvalue weighted by Crippen LogP contribution is 2.34. The summed E-state index contributed by atoms with van der Waals surface area (Å²) in [5, 5.41) is 6.70. The van der Waals surface area contributed by atoms with Gasteiger partial charge >= 0.3 is 6.03 Å². The average Bonchev–Trinajstić information content (AvgIpc) is 3.03. The number of carbonyl (C=O) groups is 1. The van der Waals surface area contributed by atoms with Crippen molar-refractivity contribution in [3.05, 3.63) is 0 Å². The summed E-state index contributed by atoms with van der Waals surface area (Å²) in [6, 6.07) is 1.09. The summed E-state index contributed by atoms with van der Waals surface area (Å²) < 4.78 is 0. The fraction of sp³-hybridized carbons (Fsp3) is 0.929. The van der Waals surface area contributed by atoms with E-state index in [-0.39, 0.29) is 6.03 Å². The predicted molar refractivity (Wildman–Crippen MR) is 71.4 cm³/mol. The molecule has 0 spiro atoms. The first kappa shape index (κ1) is 12.3. The van der Waals surface area contributed by atoms with Gasteiger partial charge < -0.3 is 15.5 Å². The van der Waals surface area contributed by atoms with Gasteiger partial charge in [-0.1, -0.05) is 19.8 Å². The third-order valence-corrected chi connectivity index (χ3v) is 5.08. The number of nitrogens with one attached hydrogen (secondary N) is 2. The number of hydrogen-bond acceptors (Lipinski definition) is 2. The normalized spacial score (nSPS) is 36.1. The van der Waals surface area contributed by atoms with Crippen LogP contribution in [-0.4, -0.2) is 42.6 Å². The lowest BCUT2D eigenvalue weighted by Crippen LogP contribution is -2.47.